The molecule has 1 unspecified atom stereocenters. The second-order valence-electron chi connectivity index (χ2n) is 6.25. The van der Waals surface area contributed by atoms with Crippen molar-refractivity contribution in [1.29, 1.82) is 0 Å². The summed E-state index contributed by atoms with van der Waals surface area (Å²) in [6, 6.07) is 10.9. The molecule has 1 heterocycles. The van der Waals surface area contributed by atoms with Gasteiger partial charge in [-0.05, 0) is 32.9 Å². The van der Waals surface area contributed by atoms with Gasteiger partial charge in [0.05, 0.1) is 19.8 Å². The van der Waals surface area contributed by atoms with Gasteiger partial charge in [0.1, 0.15) is 0 Å². The third kappa shape index (κ3) is 4.27. The highest BCUT2D eigenvalue weighted by atomic mass is 16.6. The average molecular weight is 415 g/mol. The van der Waals surface area contributed by atoms with Crippen molar-refractivity contribution < 1.29 is 33.4 Å². The Bertz CT molecular complexity index is 856. The molecule has 0 saturated heterocycles. The number of ketones is 1. The van der Waals surface area contributed by atoms with Gasteiger partial charge >= 0.3 is 17.9 Å². The first-order chi connectivity index (χ1) is 14.4. The molecule has 0 aliphatic rings. The summed E-state index contributed by atoms with van der Waals surface area (Å²) >= 11 is 0. The van der Waals surface area contributed by atoms with E-state index in [2.05, 4.69) is 4.98 Å². The van der Waals surface area contributed by atoms with Gasteiger partial charge in [-0.25, -0.2) is 0 Å². The molecule has 0 spiro atoms. The molecule has 2 rings (SSSR count). The number of benzene rings is 1. The van der Waals surface area contributed by atoms with Crippen LogP contribution in [0.1, 0.15) is 36.8 Å². The van der Waals surface area contributed by atoms with Crippen molar-refractivity contribution in [2.24, 2.45) is 5.92 Å². The lowest BCUT2D eigenvalue weighted by Crippen LogP contribution is -2.57. The summed E-state index contributed by atoms with van der Waals surface area (Å²) in [5.41, 5.74) is -2.25. The van der Waals surface area contributed by atoms with Crippen LogP contribution in [0.5, 0.6) is 0 Å². The summed E-state index contributed by atoms with van der Waals surface area (Å²) in [6.45, 7) is 4.48. The molecule has 0 radical (unpaired) electrons. The second-order valence-corrected chi connectivity index (χ2v) is 6.25. The van der Waals surface area contributed by atoms with Crippen LogP contribution >= 0.6 is 0 Å². The van der Waals surface area contributed by atoms with E-state index in [0.717, 1.165) is 0 Å². The predicted octanol–water partition coefficient (Wildman–Crippen LogP) is 2.44. The lowest BCUT2D eigenvalue weighted by Gasteiger charge is -2.33. The van der Waals surface area contributed by atoms with Gasteiger partial charge in [0.2, 0.25) is 5.41 Å². The number of carbonyl (C=O) groups excluding carboxylic acids is 4. The fourth-order valence-electron chi connectivity index (χ4n) is 3.24. The van der Waals surface area contributed by atoms with Crippen LogP contribution in [0, 0.1) is 5.92 Å². The van der Waals surface area contributed by atoms with E-state index in [0.29, 0.717) is 0 Å². The molecule has 8 heteroatoms. The van der Waals surface area contributed by atoms with Gasteiger partial charge in [-0.1, -0.05) is 30.3 Å². The summed E-state index contributed by atoms with van der Waals surface area (Å²) in [7, 11) is 0. The molecule has 0 saturated carbocycles. The van der Waals surface area contributed by atoms with E-state index in [-0.39, 0.29) is 31.1 Å². The number of hydrogen-bond donors (Lipinski definition) is 1. The molecule has 1 aromatic heterocycles. The molecule has 0 aliphatic carbocycles. The third-order valence-electron chi connectivity index (χ3n) is 4.49. The minimum absolute atomic E-state index is 0.00161. The molecule has 30 heavy (non-hydrogen) atoms. The number of nitrogens with one attached hydrogen (secondary N) is 1. The predicted molar refractivity (Wildman–Crippen MR) is 107 cm³/mol. The number of rotatable bonds is 10. The second kappa shape index (κ2) is 10.4. The number of aromatic amines is 1. The number of H-pyrrole nitrogens is 1. The van der Waals surface area contributed by atoms with Gasteiger partial charge < -0.3 is 19.2 Å². The Morgan fingerprint density at radius 3 is 1.87 bits per heavy atom. The summed E-state index contributed by atoms with van der Waals surface area (Å²) < 4.78 is 15.5. The monoisotopic (exact) mass is 415 g/mol. The molecule has 1 aromatic carbocycles. The van der Waals surface area contributed by atoms with Crippen molar-refractivity contribution in [2.75, 3.05) is 19.8 Å². The van der Waals surface area contributed by atoms with Crippen molar-refractivity contribution in [3.8, 4) is 0 Å². The minimum Gasteiger partial charge on any atom is -0.465 e. The van der Waals surface area contributed by atoms with E-state index < -0.39 is 35.0 Å². The van der Waals surface area contributed by atoms with E-state index in [9.17, 15) is 19.2 Å². The van der Waals surface area contributed by atoms with Gasteiger partial charge in [0.15, 0.2) is 11.7 Å². The first kappa shape index (κ1) is 22.9. The number of Topliss-reactive ketones (excluding diaryl/α,β-unsaturated/α-hetero) is 1. The molecule has 1 atom stereocenters. The van der Waals surface area contributed by atoms with Crippen LogP contribution in [0.25, 0.3) is 0 Å². The van der Waals surface area contributed by atoms with Crippen molar-refractivity contribution in [1.82, 2.24) is 4.98 Å². The van der Waals surface area contributed by atoms with Gasteiger partial charge in [0, 0.05) is 17.5 Å². The molecule has 0 fully saturated rings. The Labute approximate surface area is 174 Å². The molecule has 8 nitrogen and oxygen atoms in total. The number of hydrogen-bond acceptors (Lipinski definition) is 7. The molecule has 0 aliphatic heterocycles. The zero-order chi connectivity index (χ0) is 22.1. The number of aromatic nitrogens is 1. The Hall–Kier alpha value is -3.42. The van der Waals surface area contributed by atoms with Gasteiger partial charge in [-0.2, -0.15) is 0 Å². The Balaban J connectivity index is 2.82. The maximum atomic E-state index is 13.5. The minimum atomic E-state index is -2.39. The largest absolute Gasteiger partial charge is 0.465 e. The molecule has 1 N–H and O–H groups in total. The first-order valence-corrected chi connectivity index (χ1v) is 9.69. The van der Waals surface area contributed by atoms with Crippen LogP contribution in [0.15, 0.2) is 48.7 Å². The summed E-state index contributed by atoms with van der Waals surface area (Å²) in [5, 5.41) is 0. The van der Waals surface area contributed by atoms with Crippen LogP contribution in [0.3, 0.4) is 0 Å². The Morgan fingerprint density at radius 1 is 0.833 bits per heavy atom. The van der Waals surface area contributed by atoms with E-state index in [1.54, 1.807) is 39.0 Å². The topological polar surface area (TPSA) is 112 Å². The third-order valence-corrected chi connectivity index (χ3v) is 4.49. The lowest BCUT2D eigenvalue weighted by molar-refractivity contribution is -0.173. The molecule has 0 bridgehead atoms. The molecular formula is C22H25NO7. The summed E-state index contributed by atoms with van der Waals surface area (Å²) in [5.74, 6) is -5.79. The smallest absolute Gasteiger partial charge is 0.331 e. The van der Waals surface area contributed by atoms with Crippen LogP contribution < -0.4 is 0 Å². The van der Waals surface area contributed by atoms with E-state index in [1.807, 2.05) is 0 Å². The molecule has 2 aromatic rings. The SMILES string of the molecule is CCOC(=O)C(C(=O)c1ccccc1)C(C(=O)OCC)(C(=O)OCC)c1ccc[nH]1. The van der Waals surface area contributed by atoms with E-state index >= 15 is 0 Å². The fraction of sp³-hybridized carbons (Fsp3) is 0.364. The van der Waals surface area contributed by atoms with Crippen molar-refractivity contribution >= 4 is 23.7 Å². The quantitative estimate of drug-likeness (QED) is 0.274. The lowest BCUT2D eigenvalue weighted by atomic mass is 9.69. The standard InChI is InChI=1S/C22H25NO7/c1-4-28-19(25)17(18(24)15-11-8-7-9-12-15)22(20(26)29-5-2,21(27)30-6-3)16-13-10-14-23-16/h7-14,17,23H,4-6H2,1-3H3. The molecular weight excluding hydrogens is 390 g/mol. The summed E-state index contributed by atoms with van der Waals surface area (Å²) in [6.07, 6.45) is 1.47. The van der Waals surface area contributed by atoms with Crippen LogP contribution in [0.2, 0.25) is 0 Å². The highest BCUT2D eigenvalue weighted by molar-refractivity contribution is 6.20. The van der Waals surface area contributed by atoms with Crippen molar-refractivity contribution in [3.63, 3.8) is 0 Å². The number of carbonyl (C=O) groups is 4. The van der Waals surface area contributed by atoms with Gasteiger partial charge in [-0.3, -0.25) is 19.2 Å². The molecule has 160 valence electrons. The first-order valence-electron chi connectivity index (χ1n) is 9.69. The normalized spacial score (nSPS) is 12.0. The highest BCUT2D eigenvalue weighted by Gasteiger charge is 2.63. The van der Waals surface area contributed by atoms with Crippen LogP contribution in [-0.2, 0) is 34.0 Å². The van der Waals surface area contributed by atoms with Crippen molar-refractivity contribution in [3.05, 3.63) is 59.9 Å². The van der Waals surface area contributed by atoms with Gasteiger partial charge in [0.25, 0.3) is 0 Å². The molecule has 0 amide bonds. The fourth-order valence-corrected chi connectivity index (χ4v) is 3.24. The highest BCUT2D eigenvalue weighted by Crippen LogP contribution is 2.38. The maximum Gasteiger partial charge on any atom is 0.331 e. The Kier molecular flexibility index (Phi) is 7.91. The van der Waals surface area contributed by atoms with Crippen LogP contribution in [-0.4, -0.2) is 48.5 Å². The average Bonchev–Trinajstić information content (AvgIpc) is 3.27. The zero-order valence-electron chi connectivity index (χ0n) is 17.2. The zero-order valence-corrected chi connectivity index (χ0v) is 17.2. The Morgan fingerprint density at radius 2 is 1.40 bits per heavy atom. The van der Waals surface area contributed by atoms with Crippen molar-refractivity contribution in [2.45, 2.75) is 26.2 Å². The van der Waals surface area contributed by atoms with E-state index in [1.165, 1.54) is 30.5 Å². The summed E-state index contributed by atoms with van der Waals surface area (Å²) in [4.78, 5) is 55.8. The van der Waals surface area contributed by atoms with Gasteiger partial charge in [-0.15, -0.1) is 0 Å². The number of ether oxygens (including phenoxy) is 3. The maximum absolute atomic E-state index is 13.5. The van der Waals surface area contributed by atoms with E-state index in [4.69, 9.17) is 14.2 Å². The number of esters is 3. The van der Waals surface area contributed by atoms with Crippen LogP contribution in [0.4, 0.5) is 0 Å².